The molecule has 130 valence electrons. The summed E-state index contributed by atoms with van der Waals surface area (Å²) >= 11 is 3.41. The molecule has 2 amide bonds. The van der Waals surface area contributed by atoms with E-state index in [0.717, 1.165) is 16.5 Å². The maximum atomic E-state index is 12.6. The summed E-state index contributed by atoms with van der Waals surface area (Å²) in [5, 5.41) is 2.88. The van der Waals surface area contributed by atoms with Crippen LogP contribution in [-0.4, -0.2) is 29.5 Å². The Balaban J connectivity index is 1.60. The van der Waals surface area contributed by atoms with Crippen molar-refractivity contribution in [3.63, 3.8) is 0 Å². The highest BCUT2D eigenvalue weighted by atomic mass is 79.9. The van der Waals surface area contributed by atoms with E-state index in [-0.39, 0.29) is 12.5 Å². The van der Waals surface area contributed by atoms with Gasteiger partial charge in [0.15, 0.2) is 0 Å². The van der Waals surface area contributed by atoms with Gasteiger partial charge in [-0.25, -0.2) is 4.79 Å². The molecule has 1 unspecified atom stereocenters. The molecule has 1 N–H and O–H groups in total. The van der Waals surface area contributed by atoms with Gasteiger partial charge in [-0.15, -0.1) is 0 Å². The fourth-order valence-electron chi connectivity index (χ4n) is 2.84. The molecule has 25 heavy (non-hydrogen) atoms. The van der Waals surface area contributed by atoms with Crippen LogP contribution in [0.1, 0.15) is 18.4 Å². The Labute approximate surface area is 155 Å². The van der Waals surface area contributed by atoms with Crippen molar-refractivity contribution in [1.29, 1.82) is 0 Å². The monoisotopic (exact) mass is 402 g/mol. The van der Waals surface area contributed by atoms with Crippen molar-refractivity contribution in [1.82, 2.24) is 4.90 Å². The minimum atomic E-state index is -0.504. The molecule has 6 heteroatoms. The number of hydrogen-bond acceptors (Lipinski definition) is 3. The molecule has 1 atom stereocenters. The molecule has 1 aliphatic heterocycles. The van der Waals surface area contributed by atoms with E-state index < -0.39 is 12.1 Å². The molecule has 5 nitrogen and oxygen atoms in total. The highest BCUT2D eigenvalue weighted by molar-refractivity contribution is 9.10. The normalized spacial score (nSPS) is 16.5. The Bertz CT molecular complexity index is 751. The van der Waals surface area contributed by atoms with Gasteiger partial charge in [-0.1, -0.05) is 42.5 Å². The lowest BCUT2D eigenvalue weighted by atomic mass is 10.2. The summed E-state index contributed by atoms with van der Waals surface area (Å²) in [6.45, 7) is 0.733. The van der Waals surface area contributed by atoms with Gasteiger partial charge in [0.05, 0.1) is 5.69 Å². The predicted molar refractivity (Wildman–Crippen MR) is 99.1 cm³/mol. The zero-order valence-electron chi connectivity index (χ0n) is 13.7. The number of anilines is 1. The Kier molecular flexibility index (Phi) is 5.71. The van der Waals surface area contributed by atoms with Crippen LogP contribution in [0.2, 0.25) is 0 Å². The van der Waals surface area contributed by atoms with E-state index in [1.807, 2.05) is 54.6 Å². The largest absolute Gasteiger partial charge is 0.445 e. The molecule has 1 saturated heterocycles. The number of carbonyl (C=O) groups is 2. The van der Waals surface area contributed by atoms with Crippen LogP contribution >= 0.6 is 15.9 Å². The molecule has 0 saturated carbocycles. The third-order valence-electron chi connectivity index (χ3n) is 4.13. The van der Waals surface area contributed by atoms with Crippen molar-refractivity contribution in [2.75, 3.05) is 11.9 Å². The van der Waals surface area contributed by atoms with Crippen molar-refractivity contribution in [3.05, 3.63) is 64.6 Å². The molecule has 0 aromatic heterocycles. The zero-order valence-corrected chi connectivity index (χ0v) is 15.2. The molecule has 0 spiro atoms. The first-order valence-corrected chi connectivity index (χ1v) is 8.97. The second-order valence-electron chi connectivity index (χ2n) is 5.86. The van der Waals surface area contributed by atoms with Crippen LogP contribution in [0.3, 0.4) is 0 Å². The first-order chi connectivity index (χ1) is 12.1. The van der Waals surface area contributed by atoms with Crippen LogP contribution in [0.4, 0.5) is 10.5 Å². The van der Waals surface area contributed by atoms with E-state index in [2.05, 4.69) is 21.2 Å². The summed E-state index contributed by atoms with van der Waals surface area (Å²) in [4.78, 5) is 26.5. The molecular formula is C19H19BrN2O3. The van der Waals surface area contributed by atoms with Crippen molar-refractivity contribution in [2.45, 2.75) is 25.5 Å². The molecule has 1 fully saturated rings. The molecule has 0 bridgehead atoms. The maximum Gasteiger partial charge on any atom is 0.410 e. The highest BCUT2D eigenvalue weighted by Crippen LogP contribution is 2.24. The number of amides is 2. The van der Waals surface area contributed by atoms with Crippen molar-refractivity contribution in [3.8, 4) is 0 Å². The summed E-state index contributed by atoms with van der Waals surface area (Å²) in [6, 6.07) is 16.4. The number of nitrogens with zero attached hydrogens (tertiary/aromatic N) is 1. The molecule has 1 aliphatic rings. The minimum absolute atomic E-state index is 0.193. The van der Waals surface area contributed by atoms with Gasteiger partial charge < -0.3 is 10.1 Å². The molecule has 1 heterocycles. The van der Waals surface area contributed by atoms with Gasteiger partial charge in [0, 0.05) is 11.0 Å². The quantitative estimate of drug-likeness (QED) is 0.833. The van der Waals surface area contributed by atoms with Crippen molar-refractivity contribution in [2.24, 2.45) is 0 Å². The SMILES string of the molecule is O=C(Nc1ccccc1Br)C1CCCN1C(=O)OCc1ccccc1. The van der Waals surface area contributed by atoms with Gasteiger partial charge in [0.1, 0.15) is 12.6 Å². The molecule has 0 radical (unpaired) electrons. The van der Waals surface area contributed by atoms with Crippen LogP contribution in [0.5, 0.6) is 0 Å². The smallest absolute Gasteiger partial charge is 0.410 e. The van der Waals surface area contributed by atoms with Gasteiger partial charge in [0.25, 0.3) is 0 Å². The third-order valence-corrected chi connectivity index (χ3v) is 4.82. The number of halogens is 1. The number of likely N-dealkylation sites (tertiary alicyclic amines) is 1. The van der Waals surface area contributed by atoms with Gasteiger partial charge in [0.2, 0.25) is 5.91 Å². The number of para-hydroxylation sites is 1. The number of benzene rings is 2. The third kappa shape index (κ3) is 4.39. The second-order valence-corrected chi connectivity index (χ2v) is 6.72. The minimum Gasteiger partial charge on any atom is -0.445 e. The summed E-state index contributed by atoms with van der Waals surface area (Å²) < 4.78 is 6.17. The summed E-state index contributed by atoms with van der Waals surface area (Å²) in [5.74, 6) is -0.193. The fraction of sp³-hybridized carbons (Fsp3) is 0.263. The number of ether oxygens (including phenoxy) is 1. The van der Waals surface area contributed by atoms with E-state index in [4.69, 9.17) is 4.74 Å². The van der Waals surface area contributed by atoms with Gasteiger partial charge >= 0.3 is 6.09 Å². The predicted octanol–water partition coefficient (Wildman–Crippen LogP) is 4.19. The summed E-state index contributed by atoms with van der Waals surface area (Å²) in [5.41, 5.74) is 1.61. The Morgan fingerprint density at radius 1 is 1.12 bits per heavy atom. The first-order valence-electron chi connectivity index (χ1n) is 8.18. The van der Waals surface area contributed by atoms with Crippen molar-refractivity contribution < 1.29 is 14.3 Å². The van der Waals surface area contributed by atoms with Crippen LogP contribution < -0.4 is 5.32 Å². The van der Waals surface area contributed by atoms with Crippen LogP contribution in [-0.2, 0) is 16.1 Å². The zero-order chi connectivity index (χ0) is 17.6. The molecule has 2 aromatic rings. The Hall–Kier alpha value is -2.34. The Morgan fingerprint density at radius 3 is 2.60 bits per heavy atom. The number of hydrogen-bond donors (Lipinski definition) is 1. The average Bonchev–Trinajstić information content (AvgIpc) is 3.12. The standard InChI is InChI=1S/C19H19BrN2O3/c20-15-9-4-5-10-16(15)21-18(23)17-11-6-12-22(17)19(24)25-13-14-7-2-1-3-8-14/h1-5,7-10,17H,6,11-13H2,(H,21,23). The maximum absolute atomic E-state index is 12.6. The number of carbonyl (C=O) groups excluding carboxylic acids is 2. The lowest BCUT2D eigenvalue weighted by Gasteiger charge is -2.23. The molecule has 3 rings (SSSR count). The van der Waals surface area contributed by atoms with Gasteiger partial charge in [-0.05, 0) is 46.5 Å². The molecule has 2 aromatic carbocycles. The topological polar surface area (TPSA) is 58.6 Å². The van der Waals surface area contributed by atoms with E-state index in [1.54, 1.807) is 0 Å². The summed E-state index contributed by atoms with van der Waals surface area (Å²) in [7, 11) is 0. The number of nitrogens with one attached hydrogen (secondary N) is 1. The fourth-order valence-corrected chi connectivity index (χ4v) is 3.22. The average molecular weight is 403 g/mol. The molecular weight excluding hydrogens is 384 g/mol. The molecule has 0 aliphatic carbocycles. The lowest BCUT2D eigenvalue weighted by molar-refractivity contribution is -0.120. The van der Waals surface area contributed by atoms with E-state index in [0.29, 0.717) is 18.7 Å². The van der Waals surface area contributed by atoms with Gasteiger partial charge in [-0.2, -0.15) is 0 Å². The van der Waals surface area contributed by atoms with Crippen LogP contribution in [0, 0.1) is 0 Å². The lowest BCUT2D eigenvalue weighted by Crippen LogP contribution is -2.43. The van der Waals surface area contributed by atoms with E-state index in [1.165, 1.54) is 4.90 Å². The summed E-state index contributed by atoms with van der Waals surface area (Å²) in [6.07, 6.45) is 0.971. The Morgan fingerprint density at radius 2 is 1.84 bits per heavy atom. The second kappa shape index (κ2) is 8.16. The van der Waals surface area contributed by atoms with Crippen molar-refractivity contribution >= 4 is 33.6 Å². The van der Waals surface area contributed by atoms with Gasteiger partial charge in [-0.3, -0.25) is 9.69 Å². The number of rotatable bonds is 4. The van der Waals surface area contributed by atoms with Crippen LogP contribution in [0.25, 0.3) is 0 Å². The van der Waals surface area contributed by atoms with E-state index in [9.17, 15) is 9.59 Å². The highest BCUT2D eigenvalue weighted by Gasteiger charge is 2.35. The first kappa shape index (κ1) is 17.5. The van der Waals surface area contributed by atoms with Crippen LogP contribution in [0.15, 0.2) is 59.1 Å². The van der Waals surface area contributed by atoms with E-state index >= 15 is 0 Å².